The molecule has 0 aromatic carbocycles. The summed E-state index contributed by atoms with van der Waals surface area (Å²) in [6.45, 7) is -0.639. The van der Waals surface area contributed by atoms with Crippen LogP contribution in [0.5, 0.6) is 0 Å². The van der Waals surface area contributed by atoms with Gasteiger partial charge in [0.1, 0.15) is 26.4 Å². The summed E-state index contributed by atoms with van der Waals surface area (Å²) in [5.74, 6) is -2.39. The number of rotatable bonds is 10. The quantitative estimate of drug-likeness (QED) is 0.0923. The van der Waals surface area contributed by atoms with Gasteiger partial charge in [0.15, 0.2) is 0 Å². The third-order valence-corrected chi connectivity index (χ3v) is 7.47. The number of carbonyl (C=O) groups is 4. The van der Waals surface area contributed by atoms with E-state index in [0.717, 1.165) is 22.3 Å². The first kappa shape index (κ1) is 30.0. The fourth-order valence-corrected chi connectivity index (χ4v) is 5.29. The van der Waals surface area contributed by atoms with E-state index in [-0.39, 0.29) is 37.6 Å². The number of esters is 4. The van der Waals surface area contributed by atoms with Crippen LogP contribution in [0.4, 0.5) is 0 Å². The molecular formula is C38H28O8. The van der Waals surface area contributed by atoms with Gasteiger partial charge in [-0.3, -0.25) is 0 Å². The number of ether oxygens (including phenoxy) is 4. The van der Waals surface area contributed by atoms with E-state index < -0.39 is 23.9 Å². The van der Waals surface area contributed by atoms with Crippen molar-refractivity contribution in [1.82, 2.24) is 0 Å². The summed E-state index contributed by atoms with van der Waals surface area (Å²) in [6.07, 6.45) is 0. The Labute approximate surface area is 265 Å². The lowest BCUT2D eigenvalue weighted by molar-refractivity contribution is 0.0263. The van der Waals surface area contributed by atoms with Gasteiger partial charge in [-0.1, -0.05) is 103 Å². The number of carbonyl (C=O) groups excluding carboxylic acids is 4. The van der Waals surface area contributed by atoms with Crippen molar-refractivity contribution in [3.8, 4) is 33.4 Å². The molecule has 0 bridgehead atoms. The lowest BCUT2D eigenvalue weighted by Crippen LogP contribution is -2.14. The SMILES string of the molecule is O=C(OCCOC(=O)c1cc(C(=O)OCCOC(=O)c2ccc3cccccc2-3)c2cccccc1-2)c1ccc2cccccc1-2. The Morgan fingerprint density at radius 2 is 0.674 bits per heavy atom. The molecule has 46 heavy (non-hydrogen) atoms. The second-order valence-corrected chi connectivity index (χ2v) is 10.3. The van der Waals surface area contributed by atoms with Crippen LogP contribution in [0.1, 0.15) is 41.4 Å². The summed E-state index contributed by atoms with van der Waals surface area (Å²) < 4.78 is 21.5. The Morgan fingerprint density at radius 3 is 1.07 bits per heavy atom. The maximum Gasteiger partial charge on any atom is 0.338 e. The molecule has 0 heterocycles. The second kappa shape index (κ2) is 13.7. The average Bonchev–Trinajstić information content (AvgIpc) is 3.55. The fourth-order valence-electron chi connectivity index (χ4n) is 5.29. The highest BCUT2D eigenvalue weighted by atomic mass is 16.6. The highest BCUT2D eigenvalue weighted by Crippen LogP contribution is 2.33. The van der Waals surface area contributed by atoms with Gasteiger partial charge in [-0.25, -0.2) is 19.2 Å². The van der Waals surface area contributed by atoms with Crippen molar-refractivity contribution in [2.75, 3.05) is 26.4 Å². The molecule has 0 N–H and O–H groups in total. The summed E-state index contributed by atoms with van der Waals surface area (Å²) in [5, 5.41) is 0. The molecule has 0 saturated carbocycles. The predicted octanol–water partition coefficient (Wildman–Crippen LogP) is 7.03. The van der Waals surface area contributed by atoms with Crippen molar-refractivity contribution in [2.45, 2.75) is 0 Å². The minimum Gasteiger partial charge on any atom is -0.458 e. The molecule has 0 fully saturated rings. The van der Waals surface area contributed by atoms with Gasteiger partial charge in [0.25, 0.3) is 0 Å². The van der Waals surface area contributed by atoms with Gasteiger partial charge >= 0.3 is 23.9 Å². The molecule has 0 atom stereocenters. The summed E-state index contributed by atoms with van der Waals surface area (Å²) in [4.78, 5) is 51.4. The summed E-state index contributed by atoms with van der Waals surface area (Å²) in [5.41, 5.74) is 5.55. The van der Waals surface area contributed by atoms with Crippen LogP contribution in [0.15, 0.2) is 121 Å². The van der Waals surface area contributed by atoms with E-state index in [2.05, 4.69) is 0 Å². The zero-order valence-electron chi connectivity index (χ0n) is 24.6. The molecule has 0 spiro atoms. The molecule has 0 amide bonds. The number of hydrogen-bond donors (Lipinski definition) is 0. The van der Waals surface area contributed by atoms with Crippen molar-refractivity contribution >= 4 is 23.9 Å². The first-order chi connectivity index (χ1) is 22.5. The average molecular weight is 613 g/mol. The zero-order chi connectivity index (χ0) is 31.9. The first-order valence-corrected chi connectivity index (χ1v) is 14.7. The molecule has 6 aliphatic rings. The van der Waals surface area contributed by atoms with E-state index in [1.165, 1.54) is 6.07 Å². The van der Waals surface area contributed by atoms with Crippen LogP contribution in [-0.2, 0) is 18.9 Å². The van der Waals surface area contributed by atoms with Crippen molar-refractivity contribution in [1.29, 1.82) is 0 Å². The summed E-state index contributed by atoms with van der Waals surface area (Å²) >= 11 is 0. The van der Waals surface area contributed by atoms with Crippen molar-refractivity contribution in [2.24, 2.45) is 0 Å². The molecule has 6 aliphatic carbocycles. The van der Waals surface area contributed by atoms with Crippen LogP contribution in [0.3, 0.4) is 0 Å². The normalized spacial score (nSPS) is 10.9. The lowest BCUT2D eigenvalue weighted by atomic mass is 10.1. The van der Waals surface area contributed by atoms with Gasteiger partial charge in [-0.15, -0.1) is 0 Å². The molecule has 8 heteroatoms. The minimum absolute atomic E-state index is 0.144. The molecule has 8 nitrogen and oxygen atoms in total. The van der Waals surface area contributed by atoms with Crippen molar-refractivity contribution < 1.29 is 38.1 Å². The minimum atomic E-state index is -0.679. The maximum absolute atomic E-state index is 13.1. The fraction of sp³-hybridized carbons (Fsp3) is 0.105. The highest BCUT2D eigenvalue weighted by Gasteiger charge is 2.26. The van der Waals surface area contributed by atoms with Crippen LogP contribution in [-0.4, -0.2) is 50.3 Å². The monoisotopic (exact) mass is 612 g/mol. The van der Waals surface area contributed by atoms with E-state index in [0.29, 0.717) is 22.3 Å². The predicted molar refractivity (Wildman–Crippen MR) is 170 cm³/mol. The highest BCUT2D eigenvalue weighted by molar-refractivity contribution is 6.08. The third kappa shape index (κ3) is 6.42. The van der Waals surface area contributed by atoms with E-state index in [9.17, 15) is 19.2 Å². The molecule has 6 rings (SSSR count). The van der Waals surface area contributed by atoms with Gasteiger partial charge in [0.2, 0.25) is 0 Å². The molecule has 0 radical (unpaired) electrons. The van der Waals surface area contributed by atoms with E-state index in [1.54, 1.807) is 42.5 Å². The number of hydrogen-bond acceptors (Lipinski definition) is 8. The van der Waals surface area contributed by atoms with Crippen molar-refractivity contribution in [3.63, 3.8) is 0 Å². The van der Waals surface area contributed by atoms with E-state index in [4.69, 9.17) is 18.9 Å². The summed E-state index contributed by atoms with van der Waals surface area (Å²) in [7, 11) is 0. The molecule has 0 aliphatic heterocycles. The molecule has 0 unspecified atom stereocenters. The zero-order valence-corrected chi connectivity index (χ0v) is 24.6. The van der Waals surface area contributed by atoms with Crippen LogP contribution >= 0.6 is 0 Å². The van der Waals surface area contributed by atoms with Gasteiger partial charge in [0.05, 0.1) is 22.3 Å². The standard InChI is InChI=1S/C38H28O8/c39-35(31-18-16-25-10-4-1-6-12-27(25)31)43-20-22-45-37(41)33-24-34(30-15-9-3-8-14-29(30)33)38(42)46-23-21-44-36(40)32-19-17-26-11-5-2-7-13-28(26)32/h1-19,24H,20-23H2. The van der Waals surface area contributed by atoms with Gasteiger partial charge in [0, 0.05) is 0 Å². The van der Waals surface area contributed by atoms with Gasteiger partial charge < -0.3 is 18.9 Å². The number of fused-ring (bicyclic) bond motifs is 3. The lowest BCUT2D eigenvalue weighted by Gasteiger charge is -2.07. The second-order valence-electron chi connectivity index (χ2n) is 10.3. The Hall–Kier alpha value is -6.02. The first-order valence-electron chi connectivity index (χ1n) is 14.7. The summed E-state index contributed by atoms with van der Waals surface area (Å²) in [6, 6.07) is 35.9. The Bertz CT molecular complexity index is 1810. The van der Waals surface area contributed by atoms with E-state index >= 15 is 0 Å². The largest absolute Gasteiger partial charge is 0.458 e. The van der Waals surface area contributed by atoms with Gasteiger partial charge in [-0.05, 0) is 51.6 Å². The topological polar surface area (TPSA) is 105 Å². The molecule has 0 aromatic rings. The molecule has 0 saturated heterocycles. The Balaban J connectivity index is 1.04. The molecular weight excluding hydrogens is 584 g/mol. The van der Waals surface area contributed by atoms with Crippen LogP contribution in [0.2, 0.25) is 0 Å². The van der Waals surface area contributed by atoms with Crippen LogP contribution in [0.25, 0.3) is 33.4 Å². The smallest absolute Gasteiger partial charge is 0.338 e. The molecule has 0 aromatic heterocycles. The Morgan fingerprint density at radius 1 is 0.348 bits per heavy atom. The van der Waals surface area contributed by atoms with Crippen LogP contribution < -0.4 is 0 Å². The van der Waals surface area contributed by atoms with Crippen molar-refractivity contribution in [3.05, 3.63) is 144 Å². The third-order valence-electron chi connectivity index (χ3n) is 7.47. The molecule has 228 valence electrons. The Kier molecular flexibility index (Phi) is 8.97. The van der Waals surface area contributed by atoms with Crippen LogP contribution in [0, 0.1) is 0 Å². The maximum atomic E-state index is 13.1. The van der Waals surface area contributed by atoms with E-state index in [1.807, 2.05) is 72.8 Å². The van der Waals surface area contributed by atoms with Gasteiger partial charge in [-0.2, -0.15) is 0 Å².